The van der Waals surface area contributed by atoms with Crippen molar-refractivity contribution in [3.63, 3.8) is 0 Å². The minimum Gasteiger partial charge on any atom is -0.381 e. The molecule has 0 unspecified atom stereocenters. The predicted octanol–water partition coefficient (Wildman–Crippen LogP) is 3.88. The zero-order chi connectivity index (χ0) is 12.2. The third-order valence-electron chi connectivity index (χ3n) is 2.16. The maximum absolute atomic E-state index is 6.10. The molecular formula is C13H20ClNO. The van der Waals surface area contributed by atoms with Gasteiger partial charge in [-0.3, -0.25) is 0 Å². The van der Waals surface area contributed by atoms with E-state index in [9.17, 15) is 0 Å². The number of anilines is 1. The van der Waals surface area contributed by atoms with E-state index in [4.69, 9.17) is 16.3 Å². The smallest absolute Gasteiger partial charge is 0.0646 e. The summed E-state index contributed by atoms with van der Waals surface area (Å²) in [5.74, 6) is 0. The molecule has 90 valence electrons. The van der Waals surface area contributed by atoms with E-state index in [1.165, 1.54) is 0 Å². The van der Waals surface area contributed by atoms with Crippen LogP contribution in [-0.2, 0) is 4.74 Å². The molecule has 0 aliphatic rings. The van der Waals surface area contributed by atoms with Crippen LogP contribution in [0.2, 0.25) is 5.02 Å². The lowest BCUT2D eigenvalue weighted by molar-refractivity contribution is 0.00333. The van der Waals surface area contributed by atoms with E-state index in [-0.39, 0.29) is 5.60 Å². The Bertz CT molecular complexity index is 324. The molecule has 0 saturated carbocycles. The summed E-state index contributed by atoms with van der Waals surface area (Å²) in [6.45, 7) is 9.63. The normalized spacial score (nSPS) is 11.6. The van der Waals surface area contributed by atoms with Gasteiger partial charge in [-0.05, 0) is 39.3 Å². The molecule has 2 nitrogen and oxygen atoms in total. The van der Waals surface area contributed by atoms with E-state index in [0.29, 0.717) is 6.61 Å². The molecule has 0 amide bonds. The van der Waals surface area contributed by atoms with Crippen LogP contribution in [-0.4, -0.2) is 18.8 Å². The number of aryl methyl sites for hydroxylation is 1. The lowest BCUT2D eigenvalue weighted by Crippen LogP contribution is -2.23. The summed E-state index contributed by atoms with van der Waals surface area (Å²) in [5.41, 5.74) is 2.07. The molecule has 0 spiro atoms. The van der Waals surface area contributed by atoms with Crippen LogP contribution in [0.5, 0.6) is 0 Å². The van der Waals surface area contributed by atoms with Gasteiger partial charge in [-0.15, -0.1) is 0 Å². The van der Waals surface area contributed by atoms with E-state index in [0.717, 1.165) is 22.8 Å². The van der Waals surface area contributed by atoms with Gasteiger partial charge in [0.1, 0.15) is 0 Å². The van der Waals surface area contributed by atoms with Gasteiger partial charge < -0.3 is 10.1 Å². The zero-order valence-corrected chi connectivity index (χ0v) is 11.2. The van der Waals surface area contributed by atoms with Crippen molar-refractivity contribution in [3.05, 3.63) is 28.8 Å². The Morgan fingerprint density at radius 1 is 1.31 bits per heavy atom. The highest BCUT2D eigenvalue weighted by Crippen LogP contribution is 2.24. The second-order valence-corrected chi connectivity index (χ2v) is 5.23. The number of hydrogen-bond donors (Lipinski definition) is 1. The molecule has 3 heteroatoms. The number of rotatable bonds is 4. The predicted molar refractivity (Wildman–Crippen MR) is 70.4 cm³/mol. The molecule has 1 rings (SSSR count). The first-order valence-electron chi connectivity index (χ1n) is 5.53. The molecule has 1 N–H and O–H groups in total. The molecule has 0 aromatic heterocycles. The van der Waals surface area contributed by atoms with E-state index < -0.39 is 0 Å². The van der Waals surface area contributed by atoms with Crippen molar-refractivity contribution in [1.29, 1.82) is 0 Å². The Hall–Kier alpha value is -0.730. The summed E-state index contributed by atoms with van der Waals surface area (Å²) in [7, 11) is 0. The molecule has 1 aromatic carbocycles. The van der Waals surface area contributed by atoms with Gasteiger partial charge in [0.15, 0.2) is 0 Å². The summed E-state index contributed by atoms with van der Waals surface area (Å²) in [5, 5.41) is 4.06. The van der Waals surface area contributed by atoms with Gasteiger partial charge in [0.25, 0.3) is 0 Å². The number of hydrogen-bond acceptors (Lipinski definition) is 2. The SMILES string of the molecule is Cc1cccc(Cl)c1NCCOC(C)(C)C. The van der Waals surface area contributed by atoms with Gasteiger partial charge in [-0.1, -0.05) is 23.7 Å². The zero-order valence-electron chi connectivity index (χ0n) is 10.4. The largest absolute Gasteiger partial charge is 0.381 e. The van der Waals surface area contributed by atoms with Crippen LogP contribution in [0, 0.1) is 6.92 Å². The molecule has 0 atom stereocenters. The van der Waals surface area contributed by atoms with Gasteiger partial charge in [0, 0.05) is 6.54 Å². The fourth-order valence-corrected chi connectivity index (χ4v) is 1.68. The number of benzene rings is 1. The summed E-state index contributed by atoms with van der Waals surface area (Å²) in [6, 6.07) is 5.88. The summed E-state index contributed by atoms with van der Waals surface area (Å²) >= 11 is 6.10. The van der Waals surface area contributed by atoms with Crippen molar-refractivity contribution in [3.8, 4) is 0 Å². The maximum Gasteiger partial charge on any atom is 0.0646 e. The molecule has 0 heterocycles. The first kappa shape index (κ1) is 13.3. The van der Waals surface area contributed by atoms with Crippen LogP contribution in [0.4, 0.5) is 5.69 Å². The topological polar surface area (TPSA) is 21.3 Å². The number of para-hydroxylation sites is 1. The second kappa shape index (κ2) is 5.55. The van der Waals surface area contributed by atoms with Crippen molar-refractivity contribution in [2.75, 3.05) is 18.5 Å². The Balaban J connectivity index is 2.43. The molecule has 0 fully saturated rings. The van der Waals surface area contributed by atoms with Gasteiger partial charge in [0.05, 0.1) is 22.9 Å². The van der Waals surface area contributed by atoms with Crippen LogP contribution in [0.15, 0.2) is 18.2 Å². The lowest BCUT2D eigenvalue weighted by atomic mass is 10.2. The Labute approximate surface area is 103 Å². The quantitative estimate of drug-likeness (QED) is 0.808. The van der Waals surface area contributed by atoms with Crippen molar-refractivity contribution in [2.45, 2.75) is 33.3 Å². The van der Waals surface area contributed by atoms with Crippen molar-refractivity contribution < 1.29 is 4.74 Å². The molecule has 1 aromatic rings. The number of halogens is 1. The highest BCUT2D eigenvalue weighted by molar-refractivity contribution is 6.33. The Kier molecular flexibility index (Phi) is 4.63. The maximum atomic E-state index is 6.10. The van der Waals surface area contributed by atoms with Crippen LogP contribution in [0.1, 0.15) is 26.3 Å². The van der Waals surface area contributed by atoms with Crippen LogP contribution >= 0.6 is 11.6 Å². The van der Waals surface area contributed by atoms with E-state index in [1.54, 1.807) is 0 Å². The molecule has 16 heavy (non-hydrogen) atoms. The van der Waals surface area contributed by atoms with Crippen molar-refractivity contribution in [1.82, 2.24) is 0 Å². The minimum absolute atomic E-state index is 0.0861. The van der Waals surface area contributed by atoms with Crippen molar-refractivity contribution >= 4 is 17.3 Å². The molecule has 0 radical (unpaired) electrons. The van der Waals surface area contributed by atoms with Crippen LogP contribution in [0.3, 0.4) is 0 Å². The monoisotopic (exact) mass is 241 g/mol. The average Bonchev–Trinajstić information content (AvgIpc) is 2.14. The summed E-state index contributed by atoms with van der Waals surface area (Å²) < 4.78 is 5.63. The van der Waals surface area contributed by atoms with E-state index in [2.05, 4.69) is 5.32 Å². The van der Waals surface area contributed by atoms with Crippen molar-refractivity contribution in [2.24, 2.45) is 0 Å². The molecular weight excluding hydrogens is 222 g/mol. The Morgan fingerprint density at radius 2 is 2.00 bits per heavy atom. The minimum atomic E-state index is -0.0861. The van der Waals surface area contributed by atoms with E-state index in [1.807, 2.05) is 45.9 Å². The highest BCUT2D eigenvalue weighted by Gasteiger charge is 2.09. The highest BCUT2D eigenvalue weighted by atomic mass is 35.5. The standard InChI is InChI=1S/C13H20ClNO/c1-10-6-5-7-11(14)12(10)15-8-9-16-13(2,3)4/h5-7,15H,8-9H2,1-4H3. The van der Waals surface area contributed by atoms with Gasteiger partial charge >= 0.3 is 0 Å². The van der Waals surface area contributed by atoms with Gasteiger partial charge in [0.2, 0.25) is 0 Å². The third-order valence-corrected chi connectivity index (χ3v) is 2.48. The van der Waals surface area contributed by atoms with E-state index >= 15 is 0 Å². The molecule has 0 aliphatic carbocycles. The summed E-state index contributed by atoms with van der Waals surface area (Å²) in [6.07, 6.45) is 0. The number of nitrogens with one attached hydrogen (secondary N) is 1. The Morgan fingerprint density at radius 3 is 2.56 bits per heavy atom. The molecule has 0 bridgehead atoms. The van der Waals surface area contributed by atoms with Crippen LogP contribution < -0.4 is 5.32 Å². The lowest BCUT2D eigenvalue weighted by Gasteiger charge is -2.20. The fourth-order valence-electron chi connectivity index (χ4n) is 1.39. The van der Waals surface area contributed by atoms with Gasteiger partial charge in [-0.25, -0.2) is 0 Å². The third kappa shape index (κ3) is 4.42. The summed E-state index contributed by atoms with van der Waals surface area (Å²) in [4.78, 5) is 0. The number of ether oxygens (including phenoxy) is 1. The molecule has 0 aliphatic heterocycles. The first-order valence-corrected chi connectivity index (χ1v) is 5.91. The second-order valence-electron chi connectivity index (χ2n) is 4.82. The fraction of sp³-hybridized carbons (Fsp3) is 0.538. The molecule has 0 saturated heterocycles. The average molecular weight is 242 g/mol. The first-order chi connectivity index (χ1) is 7.40. The van der Waals surface area contributed by atoms with Crippen LogP contribution in [0.25, 0.3) is 0 Å². The van der Waals surface area contributed by atoms with Gasteiger partial charge in [-0.2, -0.15) is 0 Å².